The third-order valence-corrected chi connectivity index (χ3v) is 11.1. The molecule has 1 atom stereocenters. The van der Waals surface area contributed by atoms with E-state index in [2.05, 4.69) is 19.5 Å². The minimum Gasteiger partial charge on any atom is -0.352 e. The summed E-state index contributed by atoms with van der Waals surface area (Å²) in [5, 5.41) is 9.71. The first-order chi connectivity index (χ1) is 17.6. The van der Waals surface area contributed by atoms with Gasteiger partial charge in [0.25, 0.3) is 0 Å². The average molecular weight is 578 g/mol. The van der Waals surface area contributed by atoms with Gasteiger partial charge in [0.15, 0.2) is 0 Å². The van der Waals surface area contributed by atoms with Crippen LogP contribution in [0.5, 0.6) is 0 Å². The summed E-state index contributed by atoms with van der Waals surface area (Å²) in [5.41, 5.74) is 1.30. The van der Waals surface area contributed by atoms with Gasteiger partial charge in [0.1, 0.15) is 17.5 Å². The fourth-order valence-corrected chi connectivity index (χ4v) is 8.59. The predicted molar refractivity (Wildman–Crippen MR) is 153 cm³/mol. The monoisotopic (exact) mass is 577 g/mol. The maximum Gasteiger partial charge on any atom is 0.141 e. The Morgan fingerprint density at radius 2 is 2.00 bits per heavy atom. The number of rotatable bonds is 6. The maximum absolute atomic E-state index is 13.4. The second-order valence-electron chi connectivity index (χ2n) is 10.3. The third kappa shape index (κ3) is 5.53. The molecule has 2 N–H and O–H groups in total. The van der Waals surface area contributed by atoms with Gasteiger partial charge in [-0.1, -0.05) is 17.7 Å². The lowest BCUT2D eigenvalue weighted by atomic mass is 10.1. The van der Waals surface area contributed by atoms with Crippen LogP contribution in [0.1, 0.15) is 39.2 Å². The van der Waals surface area contributed by atoms with Crippen molar-refractivity contribution in [3.8, 4) is 0 Å². The smallest absolute Gasteiger partial charge is 0.141 e. The van der Waals surface area contributed by atoms with Crippen molar-refractivity contribution in [2.24, 2.45) is 0 Å². The number of nitrogens with one attached hydrogen (secondary N) is 2. The summed E-state index contributed by atoms with van der Waals surface area (Å²) >= 11 is 9.61. The normalized spacial score (nSPS) is 17.6. The van der Waals surface area contributed by atoms with Crippen molar-refractivity contribution in [1.82, 2.24) is 9.88 Å². The Morgan fingerprint density at radius 1 is 1.22 bits per heavy atom. The first-order valence-corrected chi connectivity index (χ1v) is 15.2. The topological polar surface area (TPSA) is 72.3 Å². The van der Waals surface area contributed by atoms with E-state index in [1.54, 1.807) is 6.07 Å². The van der Waals surface area contributed by atoms with Gasteiger partial charge in [-0.3, -0.25) is 9.62 Å². The standard InChI is InChI=1S/C26H29ClFN5OS3/c1-25(2,3)37(34)22-10-9-21(35-22)36-31-19-6-4-5-18(27)23(19)24(29)33-14-13-32(16-26(33)11-12-26)20-8-7-17(28)15-30-20/h4-10,15,29,31H,11-14,16H2,1-3H3. The molecule has 0 amide bonds. The Hall–Kier alpha value is -2.14. The van der Waals surface area contributed by atoms with Crippen LogP contribution in [0.25, 0.3) is 0 Å². The molecule has 11 heteroatoms. The van der Waals surface area contributed by atoms with Gasteiger partial charge in [0.2, 0.25) is 0 Å². The quantitative estimate of drug-likeness (QED) is 0.194. The zero-order valence-electron chi connectivity index (χ0n) is 20.9. The summed E-state index contributed by atoms with van der Waals surface area (Å²) in [6.07, 6.45) is 3.22. The highest BCUT2D eigenvalue weighted by Crippen LogP contribution is 2.46. The summed E-state index contributed by atoms with van der Waals surface area (Å²) in [5.74, 6) is 0.819. The lowest BCUT2D eigenvalue weighted by Gasteiger charge is -2.44. The van der Waals surface area contributed by atoms with E-state index >= 15 is 0 Å². The summed E-state index contributed by atoms with van der Waals surface area (Å²) in [7, 11) is -1.08. The van der Waals surface area contributed by atoms with Crippen LogP contribution in [0.15, 0.2) is 57.1 Å². The second kappa shape index (κ2) is 10.2. The summed E-state index contributed by atoms with van der Waals surface area (Å²) in [6, 6.07) is 12.7. The van der Waals surface area contributed by atoms with Crippen LogP contribution in [-0.4, -0.2) is 49.8 Å². The molecule has 1 unspecified atom stereocenters. The van der Waals surface area contributed by atoms with Gasteiger partial charge in [0, 0.05) is 24.4 Å². The van der Waals surface area contributed by atoms with Gasteiger partial charge >= 0.3 is 0 Å². The molecule has 6 nitrogen and oxygen atoms in total. The number of halogens is 2. The fraction of sp³-hybridized carbons (Fsp3) is 0.385. The zero-order valence-corrected chi connectivity index (χ0v) is 24.1. The number of benzene rings is 1. The number of pyridine rings is 1. The third-order valence-electron chi connectivity index (χ3n) is 6.59. The van der Waals surface area contributed by atoms with Crippen molar-refractivity contribution < 1.29 is 8.60 Å². The van der Waals surface area contributed by atoms with Crippen molar-refractivity contribution in [3.63, 3.8) is 0 Å². The van der Waals surface area contributed by atoms with E-state index in [0.29, 0.717) is 29.5 Å². The molecule has 37 heavy (non-hydrogen) atoms. The Balaban J connectivity index is 1.32. The van der Waals surface area contributed by atoms with Crippen LogP contribution in [0.4, 0.5) is 15.9 Å². The van der Waals surface area contributed by atoms with E-state index in [0.717, 1.165) is 39.3 Å². The Labute approximate surface area is 232 Å². The number of hydrogen-bond donors (Lipinski definition) is 2. The molecular formula is C26H29ClFN5OS3. The van der Waals surface area contributed by atoms with Crippen molar-refractivity contribution in [2.75, 3.05) is 29.3 Å². The van der Waals surface area contributed by atoms with Crippen molar-refractivity contribution in [1.29, 1.82) is 5.41 Å². The van der Waals surface area contributed by atoms with E-state index in [1.807, 2.05) is 51.1 Å². The molecule has 0 bridgehead atoms. The van der Waals surface area contributed by atoms with E-state index in [-0.39, 0.29) is 16.1 Å². The van der Waals surface area contributed by atoms with Gasteiger partial charge in [-0.15, -0.1) is 11.3 Å². The fourth-order valence-electron chi connectivity index (χ4n) is 4.50. The van der Waals surface area contributed by atoms with Gasteiger partial charge < -0.3 is 14.5 Å². The molecule has 2 aromatic heterocycles. The van der Waals surface area contributed by atoms with Gasteiger partial charge in [-0.05, 0) is 82.0 Å². The molecule has 5 rings (SSSR count). The Bertz CT molecular complexity index is 1340. The van der Waals surface area contributed by atoms with Crippen LogP contribution >= 0.6 is 34.9 Å². The highest BCUT2D eigenvalue weighted by atomic mass is 35.5. The molecule has 1 saturated carbocycles. The number of amidine groups is 1. The van der Waals surface area contributed by atoms with Crippen molar-refractivity contribution in [3.05, 3.63) is 65.1 Å². The van der Waals surface area contributed by atoms with Gasteiger partial charge in [-0.25, -0.2) is 9.37 Å². The molecule has 2 aliphatic rings. The van der Waals surface area contributed by atoms with Crippen molar-refractivity contribution >= 4 is 63.0 Å². The van der Waals surface area contributed by atoms with Crippen LogP contribution in [0, 0.1) is 11.2 Å². The molecule has 1 saturated heterocycles. The lowest BCUT2D eigenvalue weighted by molar-refractivity contribution is 0.258. The SMILES string of the molecule is CC(C)(C)S(=O)c1ccc(SNc2cccc(Cl)c2C(=N)N2CCN(c3ccc(F)cn3)CC23CC3)s1. The first-order valence-electron chi connectivity index (χ1n) is 12.0. The molecule has 1 aliphatic carbocycles. The zero-order chi connectivity index (χ0) is 26.4. The minimum absolute atomic E-state index is 0.144. The second-order valence-corrected chi connectivity index (χ2v) is 15.4. The van der Waals surface area contributed by atoms with Crippen LogP contribution in [-0.2, 0) is 10.8 Å². The minimum atomic E-state index is -1.08. The number of nitrogens with zero attached hydrogens (tertiary/aromatic N) is 3. The van der Waals surface area contributed by atoms with Crippen molar-refractivity contribution in [2.45, 2.75) is 52.3 Å². The van der Waals surface area contributed by atoms with E-state index in [4.69, 9.17) is 11.6 Å². The molecule has 1 aromatic carbocycles. The highest BCUT2D eigenvalue weighted by molar-refractivity contribution is 8.02. The molecule has 1 aliphatic heterocycles. The number of hydrogen-bond acceptors (Lipinski definition) is 7. The lowest BCUT2D eigenvalue weighted by Crippen LogP contribution is -2.57. The summed E-state index contributed by atoms with van der Waals surface area (Å²) in [6.45, 7) is 8.00. The molecule has 3 aromatic rings. The number of piperazine rings is 1. The molecule has 2 fully saturated rings. The van der Waals surface area contributed by atoms with E-state index < -0.39 is 10.8 Å². The largest absolute Gasteiger partial charge is 0.352 e. The highest BCUT2D eigenvalue weighted by Gasteiger charge is 2.53. The first kappa shape index (κ1) is 26.5. The summed E-state index contributed by atoms with van der Waals surface area (Å²) in [4.78, 5) is 8.60. The van der Waals surface area contributed by atoms with E-state index in [9.17, 15) is 14.0 Å². The number of aromatic nitrogens is 1. The van der Waals surface area contributed by atoms with Gasteiger partial charge in [0.05, 0.1) is 47.2 Å². The average Bonchev–Trinajstić information content (AvgIpc) is 3.45. The van der Waals surface area contributed by atoms with Gasteiger partial charge in [-0.2, -0.15) is 0 Å². The molecular weight excluding hydrogens is 549 g/mol. The molecule has 3 heterocycles. The van der Waals surface area contributed by atoms with E-state index in [1.165, 1.54) is 35.5 Å². The summed E-state index contributed by atoms with van der Waals surface area (Å²) < 4.78 is 31.0. The van der Waals surface area contributed by atoms with Crippen LogP contribution < -0.4 is 9.62 Å². The predicted octanol–water partition coefficient (Wildman–Crippen LogP) is 6.64. The van der Waals surface area contributed by atoms with Crippen LogP contribution in [0.3, 0.4) is 0 Å². The molecule has 1 spiro atoms. The Morgan fingerprint density at radius 3 is 2.68 bits per heavy atom. The maximum atomic E-state index is 13.4. The number of anilines is 2. The van der Waals surface area contributed by atoms with Crippen LogP contribution in [0.2, 0.25) is 5.02 Å². The molecule has 196 valence electrons. The molecule has 0 radical (unpaired) electrons. The Kier molecular flexibility index (Phi) is 7.30. The number of thiophene rings is 1.